The maximum absolute atomic E-state index is 12.8. The van der Waals surface area contributed by atoms with E-state index in [0.717, 1.165) is 45.8 Å². The maximum atomic E-state index is 12.8. The van der Waals surface area contributed by atoms with Crippen LogP contribution >= 0.6 is 54.5 Å². The van der Waals surface area contributed by atoms with Crippen LogP contribution in [-0.4, -0.2) is 34.0 Å². The molecule has 4 N–H and O–H groups in total. The fraction of sp³-hybridized carbons (Fsp3) is 0.189. The van der Waals surface area contributed by atoms with E-state index >= 15 is 0 Å². The third-order valence-electron chi connectivity index (χ3n) is 8.47. The molecule has 0 bridgehead atoms. The summed E-state index contributed by atoms with van der Waals surface area (Å²) < 4.78 is 1.75. The van der Waals surface area contributed by atoms with E-state index in [1.54, 1.807) is 10.8 Å². The van der Waals surface area contributed by atoms with Gasteiger partial charge in [0, 0.05) is 42.7 Å². The van der Waals surface area contributed by atoms with Crippen molar-refractivity contribution in [2.45, 2.75) is 32.1 Å². The molecule has 0 saturated heterocycles. The van der Waals surface area contributed by atoms with E-state index in [1.165, 1.54) is 33.8 Å². The lowest BCUT2D eigenvalue weighted by atomic mass is 9.83. The topological polar surface area (TPSA) is 133 Å². The van der Waals surface area contributed by atoms with Crippen molar-refractivity contribution in [1.82, 2.24) is 0 Å². The van der Waals surface area contributed by atoms with Gasteiger partial charge in [-0.15, -0.1) is 22.7 Å². The number of carboxylic acids is 2. The number of fused-ring (bicyclic) bond motifs is 1. The highest BCUT2D eigenvalue weighted by Crippen LogP contribution is 2.40. The van der Waals surface area contributed by atoms with E-state index in [2.05, 4.69) is 54.6 Å². The Labute approximate surface area is 307 Å². The number of carboxylic acid groups (broad SMARTS) is 2. The lowest BCUT2D eigenvalue weighted by Gasteiger charge is -2.23. The van der Waals surface area contributed by atoms with Crippen molar-refractivity contribution in [3.8, 4) is 22.3 Å². The quantitative estimate of drug-likeness (QED) is 0.123. The Kier molecular flexibility index (Phi) is 10.8. The number of anilines is 2. The molecule has 1 unspecified atom stereocenters. The Hall–Kier alpha value is -4.10. The smallest absolute Gasteiger partial charge is 0.339 e. The predicted molar refractivity (Wildman–Crippen MR) is 201 cm³/mol. The average molecular weight is 823 g/mol. The van der Waals surface area contributed by atoms with Crippen LogP contribution in [0.4, 0.5) is 10.0 Å². The van der Waals surface area contributed by atoms with Crippen LogP contribution < -0.4 is 10.6 Å². The standard InChI is InChI=1S/C22H18BrNO3S.C15H12BrNO3S/c23-17-9-7-14(8-10-17)18-12-28-21(19(18)22(26)27)24-20(25)16-6-5-13-3-1-2-4-15(13)11-16;16-11-4-2-1-3-9(11)10-7-21-14(12(10)15(19)20)17-13(18)8-5-6-8/h1-4,7-10,12,16H,5-6,11H2,(H,24,25)(H,26,27);1-4,7-8H,5-6H2,(H,17,18)(H,19,20). The van der Waals surface area contributed by atoms with Crippen LogP contribution in [0.15, 0.2) is 92.5 Å². The largest absolute Gasteiger partial charge is 0.478 e. The highest BCUT2D eigenvalue weighted by molar-refractivity contribution is 9.10. The molecule has 5 aromatic rings. The van der Waals surface area contributed by atoms with Gasteiger partial charge in [0.1, 0.15) is 21.1 Å². The number of thiophene rings is 2. The summed E-state index contributed by atoms with van der Waals surface area (Å²) in [6.45, 7) is 0. The minimum atomic E-state index is -1.04. The molecule has 1 atom stereocenters. The first-order valence-corrected chi connectivity index (χ1v) is 18.8. The number of nitrogens with one attached hydrogen (secondary N) is 2. The zero-order chi connectivity index (χ0) is 34.7. The minimum Gasteiger partial charge on any atom is -0.478 e. The van der Waals surface area contributed by atoms with Gasteiger partial charge in [-0.05, 0) is 72.6 Å². The van der Waals surface area contributed by atoms with Crippen molar-refractivity contribution >= 4 is 88.3 Å². The van der Waals surface area contributed by atoms with E-state index in [4.69, 9.17) is 0 Å². The van der Waals surface area contributed by atoms with Gasteiger partial charge in [0.2, 0.25) is 11.8 Å². The number of amides is 2. The van der Waals surface area contributed by atoms with E-state index in [9.17, 15) is 29.4 Å². The van der Waals surface area contributed by atoms with Gasteiger partial charge >= 0.3 is 11.9 Å². The summed E-state index contributed by atoms with van der Waals surface area (Å²) in [5.41, 5.74) is 5.65. The Balaban J connectivity index is 0.000000177. The van der Waals surface area contributed by atoms with Crippen LogP contribution in [0.1, 0.15) is 51.1 Å². The van der Waals surface area contributed by atoms with E-state index in [1.807, 2.05) is 60.7 Å². The van der Waals surface area contributed by atoms with Gasteiger partial charge in [-0.3, -0.25) is 9.59 Å². The molecule has 0 aliphatic heterocycles. The van der Waals surface area contributed by atoms with Crippen molar-refractivity contribution in [2.24, 2.45) is 11.8 Å². The van der Waals surface area contributed by atoms with Gasteiger partial charge in [-0.25, -0.2) is 9.59 Å². The van der Waals surface area contributed by atoms with E-state index in [0.29, 0.717) is 27.5 Å². The Morgan fingerprint density at radius 3 is 1.80 bits per heavy atom. The van der Waals surface area contributed by atoms with Crippen LogP contribution in [-0.2, 0) is 22.4 Å². The van der Waals surface area contributed by atoms with Crippen molar-refractivity contribution < 1.29 is 29.4 Å². The van der Waals surface area contributed by atoms with Gasteiger partial charge in [0.05, 0.1) is 0 Å². The second-order valence-electron chi connectivity index (χ2n) is 11.8. The SMILES string of the molecule is O=C(O)c1c(-c2ccc(Br)cc2)csc1NC(=O)C1CCc2ccccc2C1.O=C(O)c1c(-c2ccccc2Br)csc1NC(=O)C1CC1. The fourth-order valence-electron chi connectivity index (χ4n) is 5.74. The number of benzene rings is 3. The molecule has 49 heavy (non-hydrogen) atoms. The van der Waals surface area contributed by atoms with Gasteiger partial charge in [-0.2, -0.15) is 0 Å². The first-order valence-electron chi connectivity index (χ1n) is 15.5. The highest BCUT2D eigenvalue weighted by atomic mass is 79.9. The molecule has 2 aliphatic carbocycles. The van der Waals surface area contributed by atoms with Crippen molar-refractivity contribution in [3.05, 3.63) is 115 Å². The predicted octanol–water partition coefficient (Wildman–Crippen LogP) is 9.84. The molecule has 7 rings (SSSR count). The molecule has 250 valence electrons. The van der Waals surface area contributed by atoms with Gasteiger partial charge in [0.25, 0.3) is 0 Å². The van der Waals surface area contributed by atoms with Crippen LogP contribution in [0.5, 0.6) is 0 Å². The summed E-state index contributed by atoms with van der Waals surface area (Å²) >= 11 is 9.33. The zero-order valence-corrected chi connectivity index (χ0v) is 30.7. The Bertz CT molecular complexity index is 2050. The summed E-state index contributed by atoms with van der Waals surface area (Å²) in [5.74, 6) is -2.37. The molecular formula is C37H30Br2N2O6S2. The van der Waals surface area contributed by atoms with Crippen LogP contribution in [0.3, 0.4) is 0 Å². The minimum absolute atomic E-state index is 0.0423. The first-order chi connectivity index (χ1) is 23.6. The normalized spacial score (nSPS) is 14.9. The van der Waals surface area contributed by atoms with E-state index < -0.39 is 11.9 Å². The van der Waals surface area contributed by atoms with Crippen molar-refractivity contribution in [2.75, 3.05) is 10.6 Å². The maximum Gasteiger partial charge on any atom is 0.339 e. The monoisotopic (exact) mass is 820 g/mol. The number of hydrogen-bond acceptors (Lipinski definition) is 6. The number of rotatable bonds is 8. The molecule has 1 saturated carbocycles. The summed E-state index contributed by atoms with van der Waals surface area (Å²) in [7, 11) is 0. The zero-order valence-electron chi connectivity index (χ0n) is 25.9. The lowest BCUT2D eigenvalue weighted by Crippen LogP contribution is -2.28. The third kappa shape index (κ3) is 8.04. The fourth-order valence-corrected chi connectivity index (χ4v) is 8.42. The number of hydrogen-bond donors (Lipinski definition) is 4. The molecule has 2 aromatic heterocycles. The first kappa shape index (κ1) is 34.8. The number of carbonyl (C=O) groups is 4. The number of aryl methyl sites for hydroxylation is 1. The molecule has 12 heteroatoms. The Morgan fingerprint density at radius 2 is 1.18 bits per heavy atom. The van der Waals surface area contributed by atoms with Gasteiger partial charge < -0.3 is 20.8 Å². The van der Waals surface area contributed by atoms with Crippen LogP contribution in [0.25, 0.3) is 22.3 Å². The van der Waals surface area contributed by atoms with Gasteiger partial charge in [0.15, 0.2) is 0 Å². The van der Waals surface area contributed by atoms with Crippen LogP contribution in [0, 0.1) is 11.8 Å². The highest BCUT2D eigenvalue weighted by Gasteiger charge is 2.32. The van der Waals surface area contributed by atoms with Crippen molar-refractivity contribution in [1.29, 1.82) is 0 Å². The summed E-state index contributed by atoms with van der Waals surface area (Å²) in [5, 5.41) is 29.2. The number of aromatic carboxylic acids is 2. The number of carbonyl (C=O) groups excluding carboxylic acids is 2. The Morgan fingerprint density at radius 1 is 0.633 bits per heavy atom. The molecule has 2 amide bonds. The average Bonchev–Trinajstić information content (AvgIpc) is 3.74. The van der Waals surface area contributed by atoms with Crippen molar-refractivity contribution in [3.63, 3.8) is 0 Å². The summed E-state index contributed by atoms with van der Waals surface area (Å²) in [6, 6.07) is 23.1. The van der Waals surface area contributed by atoms with E-state index in [-0.39, 0.29) is 34.8 Å². The molecule has 2 heterocycles. The second kappa shape index (κ2) is 15.2. The van der Waals surface area contributed by atoms with Crippen LogP contribution in [0.2, 0.25) is 0 Å². The second-order valence-corrected chi connectivity index (χ2v) is 15.3. The molecule has 1 fully saturated rings. The number of halogens is 2. The van der Waals surface area contributed by atoms with Gasteiger partial charge in [-0.1, -0.05) is 86.5 Å². The molecule has 0 spiro atoms. The molecule has 0 radical (unpaired) electrons. The third-order valence-corrected chi connectivity index (χ3v) is 11.5. The summed E-state index contributed by atoms with van der Waals surface area (Å²) in [6.07, 6.45) is 4.10. The summed E-state index contributed by atoms with van der Waals surface area (Å²) in [4.78, 5) is 48.2. The molecule has 3 aromatic carbocycles. The molecular weight excluding hydrogens is 792 g/mol. The molecule has 2 aliphatic rings. The lowest BCUT2D eigenvalue weighted by molar-refractivity contribution is -0.120. The molecule has 8 nitrogen and oxygen atoms in total.